The van der Waals surface area contributed by atoms with E-state index in [1.165, 1.54) is 0 Å². The molecule has 0 saturated carbocycles. The summed E-state index contributed by atoms with van der Waals surface area (Å²) < 4.78 is 0. The summed E-state index contributed by atoms with van der Waals surface area (Å²) in [6, 6.07) is 9.46. The van der Waals surface area contributed by atoms with Gasteiger partial charge in [0, 0.05) is 0 Å². The highest BCUT2D eigenvalue weighted by atomic mass is 16.6. The number of benzene rings is 1. The summed E-state index contributed by atoms with van der Waals surface area (Å²) in [7, 11) is 0. The Kier molecular flexibility index (Phi) is 5.70. The molecule has 0 saturated heterocycles. The van der Waals surface area contributed by atoms with E-state index in [4.69, 9.17) is 4.84 Å². The number of hydrogen-bond donors (Lipinski definition) is 1. The monoisotopic (exact) mass is 235 g/mol. The zero-order valence-electron chi connectivity index (χ0n) is 10.8. The minimum Gasteiger partial charge on any atom is -0.393 e. The van der Waals surface area contributed by atoms with Gasteiger partial charge in [-0.3, -0.25) is 0 Å². The van der Waals surface area contributed by atoms with E-state index in [0.29, 0.717) is 5.92 Å². The predicted molar refractivity (Wildman–Crippen MR) is 69.9 cm³/mol. The number of aliphatic hydroxyl groups is 1. The summed E-state index contributed by atoms with van der Waals surface area (Å²) in [5.74, 6) is 0.571. The molecular weight excluding hydrogens is 214 g/mol. The minimum absolute atomic E-state index is 0.194. The first-order valence-corrected chi connectivity index (χ1v) is 5.98. The lowest BCUT2D eigenvalue weighted by atomic mass is 10.1. The van der Waals surface area contributed by atoms with Gasteiger partial charge in [-0.1, -0.05) is 49.3 Å². The van der Waals surface area contributed by atoms with Crippen LogP contribution in [0.4, 0.5) is 0 Å². The maximum absolute atomic E-state index is 9.82. The Morgan fingerprint density at radius 3 is 2.53 bits per heavy atom. The second-order valence-corrected chi connectivity index (χ2v) is 4.65. The van der Waals surface area contributed by atoms with Crippen molar-refractivity contribution in [2.24, 2.45) is 11.1 Å². The summed E-state index contributed by atoms with van der Waals surface area (Å²) in [6.45, 7) is 6.41. The normalized spacial score (nSPS) is 13.8. The molecule has 1 aromatic carbocycles. The van der Waals surface area contributed by atoms with Gasteiger partial charge in [-0.2, -0.15) is 0 Å². The highest BCUT2D eigenvalue weighted by Gasteiger charge is 2.07. The fraction of sp³-hybridized carbons (Fsp3) is 0.500. The molecule has 0 unspecified atom stereocenters. The van der Waals surface area contributed by atoms with Crippen LogP contribution in [-0.2, 0) is 4.84 Å². The lowest BCUT2D eigenvalue weighted by molar-refractivity contribution is 0.0390. The van der Waals surface area contributed by atoms with Crippen molar-refractivity contribution < 1.29 is 9.94 Å². The molecule has 0 spiro atoms. The Morgan fingerprint density at radius 1 is 1.29 bits per heavy atom. The van der Waals surface area contributed by atoms with Gasteiger partial charge in [-0.15, -0.1) is 0 Å². The molecule has 1 aromatic rings. The van der Waals surface area contributed by atoms with E-state index in [1.54, 1.807) is 0 Å². The Bertz CT molecular complexity index is 346. The van der Waals surface area contributed by atoms with Crippen molar-refractivity contribution in [3.8, 4) is 0 Å². The predicted octanol–water partition coefficient (Wildman–Crippen LogP) is 3.16. The third-order valence-corrected chi connectivity index (χ3v) is 2.34. The lowest BCUT2D eigenvalue weighted by Crippen LogP contribution is -2.06. The standard InChI is InChI=1S/C14H21NO2/c1-11(2)9-12(3)15-17-10-14(16)13-7-5-4-6-8-13/h4-8,11,14,16H,9-10H2,1-3H3/b15-12+/t14-/m1/s1. The molecule has 94 valence electrons. The smallest absolute Gasteiger partial charge is 0.147 e. The Hall–Kier alpha value is -1.35. The van der Waals surface area contributed by atoms with Gasteiger partial charge in [0.15, 0.2) is 0 Å². The second-order valence-electron chi connectivity index (χ2n) is 4.65. The molecule has 3 heteroatoms. The molecule has 0 radical (unpaired) electrons. The van der Waals surface area contributed by atoms with Crippen LogP contribution in [-0.4, -0.2) is 17.4 Å². The van der Waals surface area contributed by atoms with Gasteiger partial charge >= 0.3 is 0 Å². The number of aliphatic hydroxyl groups excluding tert-OH is 1. The van der Waals surface area contributed by atoms with Gasteiger partial charge in [-0.25, -0.2) is 0 Å². The Morgan fingerprint density at radius 2 is 1.94 bits per heavy atom. The van der Waals surface area contributed by atoms with Crippen molar-refractivity contribution in [3.63, 3.8) is 0 Å². The lowest BCUT2D eigenvalue weighted by Gasteiger charge is -2.10. The summed E-state index contributed by atoms with van der Waals surface area (Å²) in [6.07, 6.45) is 0.299. The van der Waals surface area contributed by atoms with Crippen LogP contribution < -0.4 is 0 Å². The van der Waals surface area contributed by atoms with Crippen molar-refractivity contribution in [1.82, 2.24) is 0 Å². The van der Waals surface area contributed by atoms with Crippen molar-refractivity contribution in [2.75, 3.05) is 6.61 Å². The topological polar surface area (TPSA) is 41.8 Å². The molecule has 1 rings (SSSR count). The quantitative estimate of drug-likeness (QED) is 0.608. The zero-order chi connectivity index (χ0) is 12.7. The van der Waals surface area contributed by atoms with Crippen molar-refractivity contribution >= 4 is 5.71 Å². The fourth-order valence-corrected chi connectivity index (χ4v) is 1.62. The number of rotatable bonds is 6. The third kappa shape index (κ3) is 5.50. The molecule has 0 bridgehead atoms. The number of nitrogens with zero attached hydrogens (tertiary/aromatic N) is 1. The average Bonchev–Trinajstić information content (AvgIpc) is 2.29. The average molecular weight is 235 g/mol. The zero-order valence-corrected chi connectivity index (χ0v) is 10.8. The molecule has 3 nitrogen and oxygen atoms in total. The first kappa shape index (κ1) is 13.7. The van der Waals surface area contributed by atoms with Crippen LogP contribution in [0.2, 0.25) is 0 Å². The van der Waals surface area contributed by atoms with Crippen LogP contribution in [0.1, 0.15) is 38.9 Å². The molecule has 1 atom stereocenters. The molecule has 0 aromatic heterocycles. The molecule has 17 heavy (non-hydrogen) atoms. The van der Waals surface area contributed by atoms with Crippen LogP contribution >= 0.6 is 0 Å². The van der Waals surface area contributed by atoms with E-state index in [2.05, 4.69) is 19.0 Å². The third-order valence-electron chi connectivity index (χ3n) is 2.34. The molecule has 1 N–H and O–H groups in total. The molecule has 0 fully saturated rings. The summed E-state index contributed by atoms with van der Waals surface area (Å²) in [5.41, 5.74) is 1.81. The van der Waals surface area contributed by atoms with Gasteiger partial charge in [-0.05, 0) is 24.8 Å². The highest BCUT2D eigenvalue weighted by molar-refractivity contribution is 5.81. The SMILES string of the molecule is C/C(CC(C)C)=N\OC[C@@H](O)c1ccccc1. The largest absolute Gasteiger partial charge is 0.393 e. The van der Waals surface area contributed by atoms with Gasteiger partial charge in [0.2, 0.25) is 0 Å². The molecule has 0 aliphatic heterocycles. The van der Waals surface area contributed by atoms with Crippen molar-refractivity contribution in [3.05, 3.63) is 35.9 Å². The van der Waals surface area contributed by atoms with Gasteiger partial charge in [0.05, 0.1) is 5.71 Å². The Balaban J connectivity index is 2.36. The molecule has 0 amide bonds. The number of oxime groups is 1. The molecule has 0 aliphatic rings. The van der Waals surface area contributed by atoms with Crippen LogP contribution in [0, 0.1) is 5.92 Å². The van der Waals surface area contributed by atoms with E-state index in [-0.39, 0.29) is 6.61 Å². The van der Waals surface area contributed by atoms with Crippen LogP contribution in [0.3, 0.4) is 0 Å². The van der Waals surface area contributed by atoms with Crippen LogP contribution in [0.15, 0.2) is 35.5 Å². The first-order valence-electron chi connectivity index (χ1n) is 5.98. The molecule has 0 aliphatic carbocycles. The summed E-state index contributed by atoms with van der Waals surface area (Å²) >= 11 is 0. The second kappa shape index (κ2) is 7.07. The Labute approximate surface area is 103 Å². The minimum atomic E-state index is -0.619. The van der Waals surface area contributed by atoms with Gasteiger partial charge < -0.3 is 9.94 Å². The summed E-state index contributed by atoms with van der Waals surface area (Å²) in [4.78, 5) is 5.15. The number of hydrogen-bond acceptors (Lipinski definition) is 3. The van der Waals surface area contributed by atoms with Gasteiger partial charge in [0.1, 0.15) is 12.7 Å². The first-order chi connectivity index (χ1) is 8.09. The van der Waals surface area contributed by atoms with Crippen LogP contribution in [0.25, 0.3) is 0 Å². The molecule has 0 heterocycles. The highest BCUT2D eigenvalue weighted by Crippen LogP contribution is 2.12. The maximum Gasteiger partial charge on any atom is 0.147 e. The van der Waals surface area contributed by atoms with Gasteiger partial charge in [0.25, 0.3) is 0 Å². The van der Waals surface area contributed by atoms with E-state index < -0.39 is 6.10 Å². The van der Waals surface area contributed by atoms with E-state index in [0.717, 1.165) is 17.7 Å². The maximum atomic E-state index is 9.82. The van der Waals surface area contributed by atoms with E-state index in [9.17, 15) is 5.11 Å². The molecular formula is C14H21NO2. The van der Waals surface area contributed by atoms with Crippen LogP contribution in [0.5, 0.6) is 0 Å². The summed E-state index contributed by atoms with van der Waals surface area (Å²) in [5, 5.41) is 13.8. The van der Waals surface area contributed by atoms with E-state index in [1.807, 2.05) is 37.3 Å². The van der Waals surface area contributed by atoms with Crippen molar-refractivity contribution in [1.29, 1.82) is 0 Å². The van der Waals surface area contributed by atoms with Crippen molar-refractivity contribution in [2.45, 2.75) is 33.3 Å². The fourth-order valence-electron chi connectivity index (χ4n) is 1.62. The van der Waals surface area contributed by atoms with E-state index >= 15 is 0 Å².